The minimum atomic E-state index is -0.279. The number of methoxy groups -OCH3 is 1. The molecule has 0 N–H and O–H groups in total. The van der Waals surface area contributed by atoms with Crippen LogP contribution in [0.15, 0.2) is 23.6 Å². The molecule has 2 aromatic rings. The normalized spacial score (nSPS) is 11.0. The predicted molar refractivity (Wildman–Crippen MR) is 75.0 cm³/mol. The van der Waals surface area contributed by atoms with Gasteiger partial charge in [-0.25, -0.2) is 9.37 Å². The van der Waals surface area contributed by atoms with Crippen LogP contribution in [0.4, 0.5) is 4.39 Å². The summed E-state index contributed by atoms with van der Waals surface area (Å²) in [5.74, 6) is 0.306. The summed E-state index contributed by atoms with van der Waals surface area (Å²) >= 11 is 1.66. The van der Waals surface area contributed by atoms with Crippen molar-refractivity contribution in [2.24, 2.45) is 0 Å². The van der Waals surface area contributed by atoms with E-state index in [0.717, 1.165) is 22.8 Å². The Kier molecular flexibility index (Phi) is 4.50. The Bertz CT molecular complexity index is 556. The number of aryl methyl sites for hydroxylation is 1. The Balaban J connectivity index is 2.04. The van der Waals surface area contributed by atoms with Gasteiger partial charge in [0.15, 0.2) is 0 Å². The first-order valence-electron chi connectivity index (χ1n) is 6.00. The van der Waals surface area contributed by atoms with E-state index in [9.17, 15) is 4.39 Å². The zero-order valence-electron chi connectivity index (χ0n) is 11.3. The molecule has 0 aliphatic rings. The van der Waals surface area contributed by atoms with Crippen molar-refractivity contribution in [1.82, 2.24) is 9.88 Å². The van der Waals surface area contributed by atoms with E-state index in [1.54, 1.807) is 24.5 Å². The van der Waals surface area contributed by atoms with Crippen molar-refractivity contribution in [3.63, 3.8) is 0 Å². The third-order valence-electron chi connectivity index (χ3n) is 2.76. The summed E-state index contributed by atoms with van der Waals surface area (Å²) in [4.78, 5) is 6.57. The molecule has 0 spiro atoms. The maximum absolute atomic E-state index is 13.1. The van der Waals surface area contributed by atoms with E-state index in [1.807, 2.05) is 19.4 Å². The largest absolute Gasteiger partial charge is 0.496 e. The van der Waals surface area contributed by atoms with E-state index in [4.69, 9.17) is 4.74 Å². The Morgan fingerprint density at radius 3 is 2.79 bits per heavy atom. The summed E-state index contributed by atoms with van der Waals surface area (Å²) in [6.07, 6.45) is 0. The molecule has 0 aliphatic carbocycles. The van der Waals surface area contributed by atoms with Crippen LogP contribution < -0.4 is 4.74 Å². The van der Waals surface area contributed by atoms with Crippen LogP contribution in [-0.4, -0.2) is 24.0 Å². The number of aromatic nitrogens is 1. The Morgan fingerprint density at radius 2 is 2.16 bits per heavy atom. The maximum atomic E-state index is 13.1. The highest BCUT2D eigenvalue weighted by molar-refractivity contribution is 7.09. The minimum Gasteiger partial charge on any atom is -0.496 e. The molecule has 0 unspecified atom stereocenters. The number of hydrogen-bond acceptors (Lipinski definition) is 4. The molecule has 0 aliphatic heterocycles. The van der Waals surface area contributed by atoms with Crippen LogP contribution in [-0.2, 0) is 13.1 Å². The molecule has 0 amide bonds. The van der Waals surface area contributed by atoms with Gasteiger partial charge in [-0.05, 0) is 20.0 Å². The van der Waals surface area contributed by atoms with Gasteiger partial charge in [-0.1, -0.05) is 6.07 Å². The van der Waals surface area contributed by atoms with Gasteiger partial charge < -0.3 is 4.74 Å². The second kappa shape index (κ2) is 6.12. The summed E-state index contributed by atoms with van der Waals surface area (Å²) < 4.78 is 18.3. The van der Waals surface area contributed by atoms with E-state index in [1.165, 1.54) is 12.1 Å². The molecular weight excluding hydrogens is 263 g/mol. The third-order valence-corrected chi connectivity index (χ3v) is 3.71. The zero-order chi connectivity index (χ0) is 13.8. The molecule has 0 radical (unpaired) electrons. The smallest absolute Gasteiger partial charge is 0.126 e. The van der Waals surface area contributed by atoms with Gasteiger partial charge in [0.2, 0.25) is 0 Å². The van der Waals surface area contributed by atoms with Crippen molar-refractivity contribution in [2.45, 2.75) is 20.0 Å². The first-order chi connectivity index (χ1) is 9.08. The van der Waals surface area contributed by atoms with Crippen LogP contribution in [0, 0.1) is 12.7 Å². The molecule has 2 rings (SSSR count). The molecule has 0 fully saturated rings. The lowest BCUT2D eigenvalue weighted by Crippen LogP contribution is -2.17. The summed E-state index contributed by atoms with van der Waals surface area (Å²) in [6, 6.07) is 4.63. The Labute approximate surface area is 116 Å². The van der Waals surface area contributed by atoms with E-state index in [2.05, 4.69) is 9.88 Å². The van der Waals surface area contributed by atoms with Gasteiger partial charge >= 0.3 is 0 Å². The second-order valence-corrected chi connectivity index (χ2v) is 5.45. The van der Waals surface area contributed by atoms with Crippen molar-refractivity contribution in [2.75, 3.05) is 14.2 Å². The van der Waals surface area contributed by atoms with Gasteiger partial charge in [0.25, 0.3) is 0 Å². The van der Waals surface area contributed by atoms with Gasteiger partial charge in [0, 0.05) is 29.2 Å². The number of rotatable bonds is 5. The Hall–Kier alpha value is -1.46. The van der Waals surface area contributed by atoms with E-state index < -0.39 is 0 Å². The van der Waals surface area contributed by atoms with Crippen molar-refractivity contribution in [1.29, 1.82) is 0 Å². The van der Waals surface area contributed by atoms with Crippen molar-refractivity contribution in [3.05, 3.63) is 45.7 Å². The standard InChI is InChI=1S/C14H17FN2OS/c1-10-9-19-14(16-10)8-17(2)7-11-4-5-12(15)6-13(11)18-3/h4-6,9H,7-8H2,1-3H3. The van der Waals surface area contributed by atoms with Crippen LogP contribution in [0.2, 0.25) is 0 Å². The SMILES string of the molecule is COc1cc(F)ccc1CN(C)Cc1nc(C)cs1. The van der Waals surface area contributed by atoms with Crippen molar-refractivity contribution in [3.8, 4) is 5.75 Å². The molecule has 0 saturated carbocycles. The van der Waals surface area contributed by atoms with Gasteiger partial charge in [0.1, 0.15) is 16.6 Å². The molecular formula is C14H17FN2OS. The molecule has 1 aromatic carbocycles. The topological polar surface area (TPSA) is 25.4 Å². The molecule has 5 heteroatoms. The predicted octanol–water partition coefficient (Wildman–Crippen LogP) is 3.23. The monoisotopic (exact) mass is 280 g/mol. The van der Waals surface area contributed by atoms with E-state index >= 15 is 0 Å². The van der Waals surface area contributed by atoms with Crippen LogP contribution in [0.5, 0.6) is 5.75 Å². The Morgan fingerprint density at radius 1 is 1.37 bits per heavy atom. The number of nitrogens with zero attached hydrogens (tertiary/aromatic N) is 2. The number of hydrogen-bond donors (Lipinski definition) is 0. The molecule has 0 saturated heterocycles. The van der Waals surface area contributed by atoms with E-state index in [-0.39, 0.29) is 5.82 Å². The molecule has 3 nitrogen and oxygen atoms in total. The fourth-order valence-corrected chi connectivity index (χ4v) is 2.75. The molecule has 0 atom stereocenters. The lowest BCUT2D eigenvalue weighted by atomic mass is 10.2. The van der Waals surface area contributed by atoms with Crippen LogP contribution in [0.25, 0.3) is 0 Å². The number of benzene rings is 1. The fourth-order valence-electron chi connectivity index (χ4n) is 1.90. The molecule has 1 heterocycles. The van der Waals surface area contributed by atoms with Gasteiger partial charge in [-0.3, -0.25) is 4.90 Å². The number of ether oxygens (including phenoxy) is 1. The van der Waals surface area contributed by atoms with Gasteiger partial charge in [0.05, 0.1) is 13.7 Å². The summed E-state index contributed by atoms with van der Waals surface area (Å²) in [5, 5.41) is 3.13. The van der Waals surface area contributed by atoms with E-state index in [0.29, 0.717) is 12.3 Å². The average molecular weight is 280 g/mol. The number of thiazole rings is 1. The highest BCUT2D eigenvalue weighted by Crippen LogP contribution is 2.21. The molecule has 102 valence electrons. The minimum absolute atomic E-state index is 0.279. The zero-order valence-corrected chi connectivity index (χ0v) is 12.1. The first kappa shape index (κ1) is 14.0. The third kappa shape index (κ3) is 3.75. The van der Waals surface area contributed by atoms with Crippen molar-refractivity contribution >= 4 is 11.3 Å². The van der Waals surface area contributed by atoms with Gasteiger partial charge in [-0.2, -0.15) is 0 Å². The molecule has 1 aromatic heterocycles. The number of halogens is 1. The highest BCUT2D eigenvalue weighted by atomic mass is 32.1. The summed E-state index contributed by atoms with van der Waals surface area (Å²) in [5.41, 5.74) is 2.02. The fraction of sp³-hybridized carbons (Fsp3) is 0.357. The highest BCUT2D eigenvalue weighted by Gasteiger charge is 2.09. The van der Waals surface area contributed by atoms with Crippen LogP contribution in [0.1, 0.15) is 16.3 Å². The lowest BCUT2D eigenvalue weighted by molar-refractivity contribution is 0.309. The van der Waals surface area contributed by atoms with Gasteiger partial charge in [-0.15, -0.1) is 11.3 Å². The maximum Gasteiger partial charge on any atom is 0.126 e. The molecule has 19 heavy (non-hydrogen) atoms. The quantitative estimate of drug-likeness (QED) is 0.841. The van der Waals surface area contributed by atoms with Crippen LogP contribution in [0.3, 0.4) is 0 Å². The van der Waals surface area contributed by atoms with Crippen molar-refractivity contribution < 1.29 is 9.13 Å². The first-order valence-corrected chi connectivity index (χ1v) is 6.88. The summed E-state index contributed by atoms with van der Waals surface area (Å²) in [6.45, 7) is 3.46. The van der Waals surface area contributed by atoms with Crippen LogP contribution >= 0.6 is 11.3 Å². The average Bonchev–Trinajstić information content (AvgIpc) is 2.76. The molecule has 0 bridgehead atoms. The second-order valence-electron chi connectivity index (χ2n) is 4.51. The summed E-state index contributed by atoms with van der Waals surface area (Å²) in [7, 11) is 3.57. The lowest BCUT2D eigenvalue weighted by Gasteiger charge is -2.17.